The number of amides is 1. The fourth-order valence-corrected chi connectivity index (χ4v) is 3.05. The van der Waals surface area contributed by atoms with Gasteiger partial charge in [0.25, 0.3) is 0 Å². The van der Waals surface area contributed by atoms with E-state index in [4.69, 9.17) is 5.73 Å². The number of likely N-dealkylation sites (tertiary alicyclic amines) is 1. The van der Waals surface area contributed by atoms with Crippen LogP contribution in [0.5, 0.6) is 0 Å². The van der Waals surface area contributed by atoms with E-state index >= 15 is 0 Å². The zero-order valence-corrected chi connectivity index (χ0v) is 14.3. The maximum Gasteiger partial charge on any atom is 0.237 e. The molecule has 1 atom stereocenters. The molecule has 1 fully saturated rings. The van der Waals surface area contributed by atoms with Crippen molar-refractivity contribution < 1.29 is 4.79 Å². The van der Waals surface area contributed by atoms with Crippen molar-refractivity contribution in [2.45, 2.75) is 45.1 Å². The fraction of sp³-hybridized carbons (Fsp3) is 0.632. The molecule has 0 radical (unpaired) electrons. The highest BCUT2D eigenvalue weighted by Gasteiger charge is 2.15. The highest BCUT2D eigenvalue weighted by molar-refractivity contribution is 5.81. The second-order valence-corrected chi connectivity index (χ2v) is 6.82. The van der Waals surface area contributed by atoms with Gasteiger partial charge in [-0.1, -0.05) is 37.3 Å². The average Bonchev–Trinajstić information content (AvgIpc) is 2.57. The molecule has 0 aliphatic carbocycles. The van der Waals surface area contributed by atoms with Gasteiger partial charge >= 0.3 is 0 Å². The molecule has 1 amide bonds. The molecule has 4 heteroatoms. The summed E-state index contributed by atoms with van der Waals surface area (Å²) in [5, 5.41) is 2.97. The van der Waals surface area contributed by atoms with E-state index in [-0.39, 0.29) is 5.91 Å². The summed E-state index contributed by atoms with van der Waals surface area (Å²) < 4.78 is 0. The van der Waals surface area contributed by atoms with Crippen LogP contribution in [0.1, 0.15) is 38.2 Å². The molecule has 1 saturated heterocycles. The molecule has 1 heterocycles. The van der Waals surface area contributed by atoms with E-state index in [2.05, 4.69) is 17.1 Å². The smallest absolute Gasteiger partial charge is 0.237 e. The summed E-state index contributed by atoms with van der Waals surface area (Å²) in [6.07, 6.45) is 5.41. The number of nitrogens with zero attached hydrogens (tertiary/aromatic N) is 1. The zero-order valence-electron chi connectivity index (χ0n) is 14.3. The van der Waals surface area contributed by atoms with Crippen LogP contribution in [0, 0.1) is 5.92 Å². The Morgan fingerprint density at radius 1 is 1.26 bits per heavy atom. The molecule has 0 aromatic heterocycles. The Balaban J connectivity index is 1.54. The Morgan fingerprint density at radius 2 is 1.96 bits per heavy atom. The molecule has 1 aliphatic rings. The van der Waals surface area contributed by atoms with Crippen molar-refractivity contribution in [2.24, 2.45) is 11.7 Å². The van der Waals surface area contributed by atoms with Gasteiger partial charge in [0.1, 0.15) is 0 Å². The Labute approximate surface area is 140 Å². The van der Waals surface area contributed by atoms with Gasteiger partial charge in [0, 0.05) is 6.54 Å². The highest BCUT2D eigenvalue weighted by Crippen LogP contribution is 2.16. The summed E-state index contributed by atoms with van der Waals surface area (Å²) in [4.78, 5) is 14.5. The van der Waals surface area contributed by atoms with Crippen molar-refractivity contribution in [1.29, 1.82) is 0 Å². The van der Waals surface area contributed by atoms with Crippen LogP contribution in [0.4, 0.5) is 0 Å². The zero-order chi connectivity index (χ0) is 16.5. The van der Waals surface area contributed by atoms with Crippen molar-refractivity contribution in [2.75, 3.05) is 26.2 Å². The molecule has 3 N–H and O–H groups in total. The molecular weight excluding hydrogens is 286 g/mol. The lowest BCUT2D eigenvalue weighted by molar-refractivity contribution is -0.122. The predicted octanol–water partition coefficient (Wildman–Crippen LogP) is 2.18. The van der Waals surface area contributed by atoms with E-state index < -0.39 is 6.04 Å². The average molecular weight is 317 g/mol. The van der Waals surface area contributed by atoms with Gasteiger partial charge in [-0.15, -0.1) is 0 Å². The molecule has 1 aliphatic heterocycles. The van der Waals surface area contributed by atoms with E-state index in [9.17, 15) is 4.79 Å². The van der Waals surface area contributed by atoms with E-state index in [1.807, 2.05) is 30.3 Å². The summed E-state index contributed by atoms with van der Waals surface area (Å²) in [7, 11) is 0. The lowest BCUT2D eigenvalue weighted by Crippen LogP contribution is -2.42. The molecule has 4 nitrogen and oxygen atoms in total. The molecule has 0 bridgehead atoms. The first-order chi connectivity index (χ1) is 11.1. The Kier molecular flexibility index (Phi) is 7.56. The molecule has 2 rings (SSSR count). The highest BCUT2D eigenvalue weighted by atomic mass is 16.2. The van der Waals surface area contributed by atoms with E-state index in [1.165, 1.54) is 25.9 Å². The van der Waals surface area contributed by atoms with Crippen LogP contribution >= 0.6 is 0 Å². The number of benzene rings is 1. The normalized spacial score (nSPS) is 17.8. The summed E-state index contributed by atoms with van der Waals surface area (Å²) >= 11 is 0. The molecule has 0 saturated carbocycles. The third kappa shape index (κ3) is 6.71. The number of nitrogens with one attached hydrogen (secondary N) is 1. The summed E-state index contributed by atoms with van der Waals surface area (Å²) in [6, 6.07) is 9.47. The minimum atomic E-state index is -0.457. The van der Waals surface area contributed by atoms with Crippen LogP contribution in [-0.4, -0.2) is 43.0 Å². The third-order valence-electron chi connectivity index (χ3n) is 4.71. The van der Waals surface area contributed by atoms with Gasteiger partial charge in [-0.25, -0.2) is 0 Å². The largest absolute Gasteiger partial charge is 0.355 e. The van der Waals surface area contributed by atoms with Crippen molar-refractivity contribution >= 4 is 5.91 Å². The fourth-order valence-electron chi connectivity index (χ4n) is 3.05. The molecule has 1 aromatic carbocycles. The minimum absolute atomic E-state index is 0.0411. The predicted molar refractivity (Wildman–Crippen MR) is 95.2 cm³/mol. The first-order valence-corrected chi connectivity index (χ1v) is 8.94. The quantitative estimate of drug-likeness (QED) is 0.723. The number of hydrogen-bond donors (Lipinski definition) is 2. The van der Waals surface area contributed by atoms with Gasteiger partial charge in [-0.3, -0.25) is 4.79 Å². The van der Waals surface area contributed by atoms with Gasteiger partial charge < -0.3 is 16.0 Å². The van der Waals surface area contributed by atoms with Gasteiger partial charge in [0.15, 0.2) is 0 Å². The monoisotopic (exact) mass is 317 g/mol. The number of carbonyl (C=O) groups is 1. The number of rotatable bonds is 8. The molecular formula is C19H31N3O. The minimum Gasteiger partial charge on any atom is -0.355 e. The molecule has 128 valence electrons. The van der Waals surface area contributed by atoms with Crippen LogP contribution < -0.4 is 11.1 Å². The topological polar surface area (TPSA) is 58.4 Å². The summed E-state index contributed by atoms with van der Waals surface area (Å²) in [5.41, 5.74) is 7.08. The lowest BCUT2D eigenvalue weighted by Gasteiger charge is -2.30. The number of hydrogen-bond acceptors (Lipinski definition) is 3. The van der Waals surface area contributed by atoms with Crippen molar-refractivity contribution in [1.82, 2.24) is 10.2 Å². The van der Waals surface area contributed by atoms with Crippen LogP contribution in [0.3, 0.4) is 0 Å². The van der Waals surface area contributed by atoms with Crippen LogP contribution in [0.15, 0.2) is 30.3 Å². The van der Waals surface area contributed by atoms with E-state index in [0.717, 1.165) is 37.4 Å². The number of carbonyl (C=O) groups excluding carboxylic acids is 1. The van der Waals surface area contributed by atoms with Crippen molar-refractivity contribution in [3.8, 4) is 0 Å². The SMILES string of the molecule is CC1CCN(CCCCNC(=O)C(N)Cc2ccccc2)CC1. The molecule has 1 unspecified atom stereocenters. The van der Waals surface area contributed by atoms with Crippen molar-refractivity contribution in [3.63, 3.8) is 0 Å². The van der Waals surface area contributed by atoms with Crippen LogP contribution in [0.25, 0.3) is 0 Å². The molecule has 23 heavy (non-hydrogen) atoms. The van der Waals surface area contributed by atoms with E-state index in [0.29, 0.717) is 6.42 Å². The van der Waals surface area contributed by atoms with Gasteiger partial charge in [0.2, 0.25) is 5.91 Å². The molecule has 0 spiro atoms. The summed E-state index contributed by atoms with van der Waals surface area (Å²) in [6.45, 7) is 6.68. The van der Waals surface area contributed by atoms with Gasteiger partial charge in [-0.2, -0.15) is 0 Å². The maximum atomic E-state index is 12.0. The van der Waals surface area contributed by atoms with Crippen LogP contribution in [-0.2, 0) is 11.2 Å². The van der Waals surface area contributed by atoms with Gasteiger partial charge in [0.05, 0.1) is 6.04 Å². The second-order valence-electron chi connectivity index (χ2n) is 6.82. The standard InChI is InChI=1S/C19H31N3O/c1-16-9-13-22(14-10-16)12-6-5-11-21-19(23)18(20)15-17-7-3-2-4-8-17/h2-4,7-8,16,18H,5-6,9-15,20H2,1H3,(H,21,23). The number of nitrogens with two attached hydrogens (primary N) is 1. The summed E-state index contributed by atoms with van der Waals surface area (Å²) in [5.74, 6) is 0.845. The first-order valence-electron chi connectivity index (χ1n) is 8.94. The Morgan fingerprint density at radius 3 is 2.65 bits per heavy atom. The van der Waals surface area contributed by atoms with Crippen molar-refractivity contribution in [3.05, 3.63) is 35.9 Å². The Bertz CT molecular complexity index is 455. The first kappa shape index (κ1) is 18.0. The number of unbranched alkanes of at least 4 members (excludes halogenated alkanes) is 1. The van der Waals surface area contributed by atoms with Crippen LogP contribution in [0.2, 0.25) is 0 Å². The lowest BCUT2D eigenvalue weighted by atomic mass is 9.99. The second kappa shape index (κ2) is 9.68. The Hall–Kier alpha value is -1.39. The van der Waals surface area contributed by atoms with E-state index in [1.54, 1.807) is 0 Å². The number of piperidine rings is 1. The van der Waals surface area contributed by atoms with Gasteiger partial charge in [-0.05, 0) is 63.2 Å². The molecule has 1 aromatic rings. The maximum absolute atomic E-state index is 12.0. The third-order valence-corrected chi connectivity index (χ3v) is 4.71.